The molecular weight excluding hydrogens is 418 g/mol. The molecule has 1 aromatic rings. The molecule has 6 nitrogen and oxygen atoms in total. The van der Waals surface area contributed by atoms with Crippen molar-refractivity contribution >= 4 is 35.1 Å². The molecule has 11 heteroatoms. The van der Waals surface area contributed by atoms with Gasteiger partial charge < -0.3 is 16.0 Å². The maximum atomic E-state index is 12.5. The van der Waals surface area contributed by atoms with E-state index in [1.807, 2.05) is 0 Å². The largest absolute Gasteiger partial charge is 0.401 e. The molecule has 1 amide bonds. The number of nitrogens with zero attached hydrogens (tertiary/aromatic N) is 2. The fourth-order valence-electron chi connectivity index (χ4n) is 2.83. The lowest BCUT2D eigenvalue weighted by molar-refractivity contribution is -0.143. The molecule has 0 spiro atoms. The average molecular weight is 440 g/mol. The third-order valence-corrected chi connectivity index (χ3v) is 4.86. The first kappa shape index (κ1) is 22.6. The van der Waals surface area contributed by atoms with Crippen LogP contribution < -0.4 is 16.0 Å². The molecule has 2 rings (SSSR count). The van der Waals surface area contributed by atoms with Gasteiger partial charge in [0.2, 0.25) is 0 Å². The Balaban J connectivity index is 1.70. The Hall–Kier alpha value is -1.71. The second-order valence-corrected chi connectivity index (χ2v) is 7.18. The Bertz CT molecular complexity index is 715. The quantitative estimate of drug-likeness (QED) is 0.362. The highest BCUT2D eigenvalue weighted by atomic mass is 35.5. The number of carbonyl (C=O) groups is 1. The van der Waals surface area contributed by atoms with E-state index in [2.05, 4.69) is 20.9 Å². The highest BCUT2D eigenvalue weighted by molar-refractivity contribution is 6.42. The van der Waals surface area contributed by atoms with Gasteiger partial charge in [-0.15, -0.1) is 0 Å². The highest BCUT2D eigenvalue weighted by Crippen LogP contribution is 2.22. The average Bonchev–Trinajstić information content (AvgIpc) is 3.04. The molecular formula is C17H22Cl2F3N5O. The second-order valence-electron chi connectivity index (χ2n) is 6.36. The number of alkyl halides is 3. The van der Waals surface area contributed by atoms with E-state index in [1.54, 1.807) is 19.2 Å². The van der Waals surface area contributed by atoms with Crippen molar-refractivity contribution in [2.45, 2.75) is 18.6 Å². The van der Waals surface area contributed by atoms with E-state index in [-0.39, 0.29) is 11.9 Å². The molecule has 1 saturated heterocycles. The molecule has 1 unspecified atom stereocenters. The molecule has 0 radical (unpaired) electrons. The summed E-state index contributed by atoms with van der Waals surface area (Å²) in [5, 5.41) is 9.53. The fraction of sp³-hybridized carbons (Fsp3) is 0.529. The van der Waals surface area contributed by atoms with Gasteiger partial charge in [0.1, 0.15) is 0 Å². The predicted molar refractivity (Wildman–Crippen MR) is 104 cm³/mol. The number of carbonyl (C=O) groups excluding carboxylic acids is 1. The van der Waals surface area contributed by atoms with Crippen LogP contribution in [0.2, 0.25) is 10.0 Å². The standard InChI is InChI=1S/C17H22Cl2F3N5O/c1-23-16(26-12-4-7-27(9-12)10-17(20,21)22)25-6-5-24-15(28)11-2-3-13(18)14(19)8-11/h2-3,8,12H,4-7,9-10H2,1H3,(H,24,28)(H2,23,25,26). The zero-order valence-corrected chi connectivity index (χ0v) is 16.8. The van der Waals surface area contributed by atoms with Crippen molar-refractivity contribution in [1.82, 2.24) is 20.9 Å². The van der Waals surface area contributed by atoms with Crippen molar-refractivity contribution in [2.24, 2.45) is 4.99 Å². The molecule has 3 N–H and O–H groups in total. The van der Waals surface area contributed by atoms with Crippen LogP contribution >= 0.6 is 23.2 Å². The molecule has 1 heterocycles. The van der Waals surface area contributed by atoms with Gasteiger partial charge in [-0.2, -0.15) is 13.2 Å². The van der Waals surface area contributed by atoms with E-state index in [1.165, 1.54) is 11.0 Å². The summed E-state index contributed by atoms with van der Waals surface area (Å²) in [5.74, 6) is 0.185. The van der Waals surface area contributed by atoms with Crippen molar-refractivity contribution in [3.05, 3.63) is 33.8 Å². The molecule has 0 bridgehead atoms. The number of benzene rings is 1. The molecule has 1 atom stereocenters. The third kappa shape index (κ3) is 7.37. The third-order valence-electron chi connectivity index (χ3n) is 4.12. The summed E-state index contributed by atoms with van der Waals surface area (Å²) in [6.45, 7) is 0.497. The van der Waals surface area contributed by atoms with Crippen molar-refractivity contribution in [3.63, 3.8) is 0 Å². The number of hydrogen-bond acceptors (Lipinski definition) is 3. The van der Waals surface area contributed by atoms with Crippen LogP contribution in [0.5, 0.6) is 0 Å². The van der Waals surface area contributed by atoms with Gasteiger partial charge in [0, 0.05) is 44.8 Å². The number of hydrogen-bond donors (Lipinski definition) is 3. The monoisotopic (exact) mass is 439 g/mol. The predicted octanol–water partition coefficient (Wildman–Crippen LogP) is 2.52. The van der Waals surface area contributed by atoms with E-state index >= 15 is 0 Å². The summed E-state index contributed by atoms with van der Waals surface area (Å²) in [7, 11) is 1.58. The van der Waals surface area contributed by atoms with Gasteiger partial charge in [0.25, 0.3) is 5.91 Å². The Kier molecular flexibility index (Phi) is 8.21. The Labute approximate surface area is 171 Å². The van der Waals surface area contributed by atoms with Gasteiger partial charge in [-0.05, 0) is 24.6 Å². The summed E-state index contributed by atoms with van der Waals surface area (Å²) in [6, 6.07) is 4.50. The molecule has 1 aliphatic heterocycles. The first-order valence-electron chi connectivity index (χ1n) is 8.67. The van der Waals surface area contributed by atoms with Crippen LogP contribution in [0.1, 0.15) is 16.8 Å². The van der Waals surface area contributed by atoms with E-state index in [0.717, 1.165) is 0 Å². The van der Waals surface area contributed by atoms with Gasteiger partial charge >= 0.3 is 6.18 Å². The molecule has 0 aromatic heterocycles. The lowest BCUT2D eigenvalue weighted by Crippen LogP contribution is -2.47. The smallest absolute Gasteiger partial charge is 0.355 e. The van der Waals surface area contributed by atoms with E-state index in [0.29, 0.717) is 54.2 Å². The van der Waals surface area contributed by atoms with Crippen molar-refractivity contribution in [1.29, 1.82) is 0 Å². The lowest BCUT2D eigenvalue weighted by atomic mass is 10.2. The van der Waals surface area contributed by atoms with Crippen molar-refractivity contribution in [3.8, 4) is 0 Å². The first-order chi connectivity index (χ1) is 13.2. The Morgan fingerprint density at radius 1 is 1.25 bits per heavy atom. The van der Waals surface area contributed by atoms with Gasteiger partial charge in [-0.3, -0.25) is 14.7 Å². The number of nitrogens with one attached hydrogen (secondary N) is 3. The van der Waals surface area contributed by atoms with Crippen LogP contribution in [-0.2, 0) is 0 Å². The summed E-state index contributed by atoms with van der Waals surface area (Å²) >= 11 is 11.7. The molecule has 156 valence electrons. The SMILES string of the molecule is CN=C(NCCNC(=O)c1ccc(Cl)c(Cl)c1)NC1CCN(CC(F)(F)F)C1. The minimum atomic E-state index is -4.19. The van der Waals surface area contributed by atoms with Crippen molar-refractivity contribution in [2.75, 3.05) is 39.8 Å². The van der Waals surface area contributed by atoms with Crippen LogP contribution in [-0.4, -0.2) is 68.8 Å². The molecule has 28 heavy (non-hydrogen) atoms. The number of rotatable bonds is 6. The second kappa shape index (κ2) is 10.2. The van der Waals surface area contributed by atoms with Crippen LogP contribution in [0, 0.1) is 0 Å². The Morgan fingerprint density at radius 3 is 2.61 bits per heavy atom. The zero-order valence-electron chi connectivity index (χ0n) is 15.2. The number of halogens is 5. The molecule has 1 aliphatic rings. The summed E-state index contributed by atoms with van der Waals surface area (Å²) in [4.78, 5) is 17.5. The van der Waals surface area contributed by atoms with Gasteiger partial charge in [-0.1, -0.05) is 23.2 Å². The minimum absolute atomic E-state index is 0.112. The van der Waals surface area contributed by atoms with Crippen LogP contribution in [0.4, 0.5) is 13.2 Å². The molecule has 1 fully saturated rings. The normalized spacial score (nSPS) is 18.2. The van der Waals surface area contributed by atoms with Crippen LogP contribution in [0.25, 0.3) is 0 Å². The van der Waals surface area contributed by atoms with E-state index in [4.69, 9.17) is 23.2 Å². The zero-order chi connectivity index (χ0) is 20.7. The number of guanidine groups is 1. The summed E-state index contributed by atoms with van der Waals surface area (Å²) in [5.41, 5.74) is 0.396. The molecule has 1 aromatic carbocycles. The molecule has 0 aliphatic carbocycles. The van der Waals surface area contributed by atoms with Crippen LogP contribution in [0.3, 0.4) is 0 Å². The van der Waals surface area contributed by atoms with Crippen molar-refractivity contribution < 1.29 is 18.0 Å². The first-order valence-corrected chi connectivity index (χ1v) is 9.43. The maximum absolute atomic E-state index is 12.5. The maximum Gasteiger partial charge on any atom is 0.401 e. The van der Waals surface area contributed by atoms with Gasteiger partial charge in [0.15, 0.2) is 5.96 Å². The van der Waals surface area contributed by atoms with E-state index in [9.17, 15) is 18.0 Å². The lowest BCUT2D eigenvalue weighted by Gasteiger charge is -2.19. The minimum Gasteiger partial charge on any atom is -0.355 e. The molecule has 0 saturated carbocycles. The summed E-state index contributed by atoms with van der Waals surface area (Å²) in [6.07, 6.45) is -3.59. The van der Waals surface area contributed by atoms with Crippen LogP contribution in [0.15, 0.2) is 23.2 Å². The van der Waals surface area contributed by atoms with Gasteiger partial charge in [0.05, 0.1) is 16.6 Å². The highest BCUT2D eigenvalue weighted by Gasteiger charge is 2.34. The summed E-state index contributed by atoms with van der Waals surface area (Å²) < 4.78 is 37.4. The number of aliphatic imine (C=N–C) groups is 1. The fourth-order valence-corrected chi connectivity index (χ4v) is 3.13. The number of amides is 1. The van der Waals surface area contributed by atoms with E-state index < -0.39 is 12.7 Å². The number of likely N-dealkylation sites (tertiary alicyclic amines) is 1. The van der Waals surface area contributed by atoms with Gasteiger partial charge in [-0.25, -0.2) is 0 Å². The topological polar surface area (TPSA) is 68.8 Å². The Morgan fingerprint density at radius 2 is 1.96 bits per heavy atom.